The van der Waals surface area contributed by atoms with Gasteiger partial charge in [0.15, 0.2) is 10.9 Å². The monoisotopic (exact) mass is 386 g/mol. The lowest BCUT2D eigenvalue weighted by Gasteiger charge is -2.16. The second kappa shape index (κ2) is 8.43. The number of methoxy groups -OCH3 is 1. The lowest BCUT2D eigenvalue weighted by Crippen LogP contribution is -2.14. The van der Waals surface area contributed by atoms with Crippen LogP contribution < -0.4 is 5.32 Å². The summed E-state index contributed by atoms with van der Waals surface area (Å²) in [5.41, 5.74) is 3.76. The summed E-state index contributed by atoms with van der Waals surface area (Å²) < 4.78 is 4.68. The van der Waals surface area contributed by atoms with Gasteiger partial charge in [-0.2, -0.15) is 0 Å². The van der Waals surface area contributed by atoms with E-state index >= 15 is 0 Å². The van der Waals surface area contributed by atoms with Gasteiger partial charge in [0.25, 0.3) is 0 Å². The van der Waals surface area contributed by atoms with Crippen LogP contribution in [0.1, 0.15) is 62.5 Å². The highest BCUT2D eigenvalue weighted by Crippen LogP contribution is 2.24. The Kier molecular flexibility index (Phi) is 6.01. The molecule has 0 bridgehead atoms. The van der Waals surface area contributed by atoms with Gasteiger partial charge < -0.3 is 10.1 Å². The van der Waals surface area contributed by atoms with Crippen LogP contribution in [0.4, 0.5) is 5.13 Å². The van der Waals surface area contributed by atoms with Crippen LogP contribution in [0.2, 0.25) is 0 Å². The first kappa shape index (κ1) is 19.2. The molecule has 2 aromatic rings. The standard InChI is InChI=1S/C20H22N2O4S/c1-12-18(19(25)26-2)27-20(21-12)22-17(24)10-9-16(23)15-8-7-13-5-3-4-6-14(13)11-15/h7-8,11H,3-6,9-10H2,1-2H3,(H,21,22,24). The second-order valence-corrected chi connectivity index (χ2v) is 7.59. The molecule has 0 spiro atoms. The number of carbonyl (C=O) groups excluding carboxylic acids is 3. The first-order valence-corrected chi connectivity index (χ1v) is 9.80. The van der Waals surface area contributed by atoms with Gasteiger partial charge in [-0.3, -0.25) is 9.59 Å². The molecule has 3 rings (SSSR count). The summed E-state index contributed by atoms with van der Waals surface area (Å²) in [4.78, 5) is 40.7. The number of Topliss-reactive ketones (excluding diaryl/α,β-unsaturated/α-hetero) is 1. The Hall–Kier alpha value is -2.54. The number of amides is 1. The Morgan fingerprint density at radius 2 is 1.89 bits per heavy atom. The number of nitrogens with one attached hydrogen (secondary N) is 1. The van der Waals surface area contributed by atoms with E-state index in [1.54, 1.807) is 6.92 Å². The van der Waals surface area contributed by atoms with Crippen molar-refractivity contribution < 1.29 is 19.1 Å². The number of aromatic nitrogens is 1. The summed E-state index contributed by atoms with van der Waals surface area (Å²) in [6, 6.07) is 5.87. The number of anilines is 1. The topological polar surface area (TPSA) is 85.4 Å². The number of benzene rings is 1. The van der Waals surface area contributed by atoms with Crippen molar-refractivity contribution >= 4 is 34.1 Å². The number of hydrogen-bond donors (Lipinski definition) is 1. The van der Waals surface area contributed by atoms with E-state index in [0.717, 1.165) is 30.6 Å². The zero-order valence-corrected chi connectivity index (χ0v) is 16.3. The minimum absolute atomic E-state index is 0.0379. The molecule has 27 heavy (non-hydrogen) atoms. The fourth-order valence-corrected chi connectivity index (χ4v) is 4.09. The first-order chi connectivity index (χ1) is 13.0. The lowest BCUT2D eigenvalue weighted by atomic mass is 9.89. The molecule has 1 aromatic carbocycles. The molecule has 1 aliphatic carbocycles. The van der Waals surface area contributed by atoms with Crippen molar-refractivity contribution in [2.75, 3.05) is 12.4 Å². The zero-order chi connectivity index (χ0) is 19.4. The van der Waals surface area contributed by atoms with Crippen LogP contribution in [0, 0.1) is 6.92 Å². The summed E-state index contributed by atoms with van der Waals surface area (Å²) in [5.74, 6) is -0.816. The van der Waals surface area contributed by atoms with E-state index in [1.165, 1.54) is 24.7 Å². The van der Waals surface area contributed by atoms with Crippen LogP contribution >= 0.6 is 11.3 Å². The van der Waals surface area contributed by atoms with E-state index in [1.807, 2.05) is 18.2 Å². The number of ether oxygens (including phenoxy) is 1. The van der Waals surface area contributed by atoms with E-state index in [9.17, 15) is 14.4 Å². The molecule has 7 heteroatoms. The average molecular weight is 386 g/mol. The highest BCUT2D eigenvalue weighted by atomic mass is 32.1. The van der Waals surface area contributed by atoms with Crippen LogP contribution in [0.25, 0.3) is 0 Å². The van der Waals surface area contributed by atoms with Gasteiger partial charge in [-0.15, -0.1) is 0 Å². The van der Waals surface area contributed by atoms with Crippen molar-refractivity contribution in [1.82, 2.24) is 4.98 Å². The first-order valence-electron chi connectivity index (χ1n) is 8.98. The number of fused-ring (bicyclic) bond motifs is 1. The van der Waals surface area contributed by atoms with Crippen molar-refractivity contribution in [3.8, 4) is 0 Å². The summed E-state index contributed by atoms with van der Waals surface area (Å²) in [6.45, 7) is 1.68. The molecule has 0 saturated heterocycles. The van der Waals surface area contributed by atoms with Crippen LogP contribution in [-0.4, -0.2) is 29.8 Å². The molecule has 1 amide bonds. The molecule has 0 fully saturated rings. The van der Waals surface area contributed by atoms with Gasteiger partial charge in [0, 0.05) is 18.4 Å². The predicted molar refractivity (Wildman–Crippen MR) is 103 cm³/mol. The number of nitrogens with zero attached hydrogens (tertiary/aromatic N) is 1. The Morgan fingerprint density at radius 1 is 1.15 bits per heavy atom. The van der Waals surface area contributed by atoms with E-state index in [4.69, 9.17) is 0 Å². The normalized spacial score (nSPS) is 13.0. The summed E-state index contributed by atoms with van der Waals surface area (Å²) in [5, 5.41) is 2.98. The van der Waals surface area contributed by atoms with Gasteiger partial charge in [0.1, 0.15) is 4.88 Å². The van der Waals surface area contributed by atoms with Crippen LogP contribution in [0.3, 0.4) is 0 Å². The Bertz CT molecular complexity index is 888. The SMILES string of the molecule is COC(=O)c1sc(NC(=O)CCC(=O)c2ccc3c(c2)CCCC3)nc1C. The third-order valence-corrected chi connectivity index (χ3v) is 5.72. The third kappa shape index (κ3) is 4.60. The molecule has 0 radical (unpaired) electrons. The van der Waals surface area contributed by atoms with Crippen LogP contribution in [0.5, 0.6) is 0 Å². The molecular formula is C20H22N2O4S. The number of esters is 1. The molecule has 0 saturated carbocycles. The van der Waals surface area contributed by atoms with Gasteiger partial charge in [-0.05, 0) is 49.8 Å². The Morgan fingerprint density at radius 3 is 2.63 bits per heavy atom. The van der Waals surface area contributed by atoms with Crippen molar-refractivity contribution in [2.45, 2.75) is 45.4 Å². The van der Waals surface area contributed by atoms with E-state index in [0.29, 0.717) is 21.3 Å². The Labute approximate surface area is 162 Å². The summed E-state index contributed by atoms with van der Waals surface area (Å²) in [6.07, 6.45) is 4.67. The maximum atomic E-state index is 12.4. The number of thiazole rings is 1. The van der Waals surface area contributed by atoms with E-state index < -0.39 is 5.97 Å². The second-order valence-electron chi connectivity index (χ2n) is 6.59. The summed E-state index contributed by atoms with van der Waals surface area (Å²) >= 11 is 1.06. The Balaban J connectivity index is 1.56. The molecule has 1 N–H and O–H groups in total. The maximum absolute atomic E-state index is 12.4. The number of hydrogen-bond acceptors (Lipinski definition) is 6. The fourth-order valence-electron chi connectivity index (χ4n) is 3.19. The highest BCUT2D eigenvalue weighted by Gasteiger charge is 2.18. The van der Waals surface area contributed by atoms with Crippen molar-refractivity contribution in [1.29, 1.82) is 0 Å². The number of ketones is 1. The maximum Gasteiger partial charge on any atom is 0.350 e. The van der Waals surface area contributed by atoms with Gasteiger partial charge in [-0.25, -0.2) is 9.78 Å². The third-order valence-electron chi connectivity index (χ3n) is 4.66. The molecular weight excluding hydrogens is 364 g/mol. The minimum atomic E-state index is -0.479. The highest BCUT2D eigenvalue weighted by molar-refractivity contribution is 7.17. The number of carbonyl (C=O) groups is 3. The molecule has 1 aromatic heterocycles. The fraction of sp³-hybridized carbons (Fsp3) is 0.400. The summed E-state index contributed by atoms with van der Waals surface area (Å²) in [7, 11) is 1.30. The molecule has 1 heterocycles. The van der Waals surface area contributed by atoms with E-state index in [2.05, 4.69) is 15.0 Å². The predicted octanol–water partition coefficient (Wildman–Crippen LogP) is 3.72. The molecule has 1 aliphatic rings. The molecule has 0 unspecified atom stereocenters. The van der Waals surface area contributed by atoms with Gasteiger partial charge in [0.2, 0.25) is 5.91 Å². The van der Waals surface area contributed by atoms with Crippen LogP contribution in [0.15, 0.2) is 18.2 Å². The smallest absolute Gasteiger partial charge is 0.350 e. The van der Waals surface area contributed by atoms with Crippen molar-refractivity contribution in [2.24, 2.45) is 0 Å². The van der Waals surface area contributed by atoms with Crippen molar-refractivity contribution in [3.05, 3.63) is 45.5 Å². The quantitative estimate of drug-likeness (QED) is 0.604. The van der Waals surface area contributed by atoms with Gasteiger partial charge in [-0.1, -0.05) is 23.5 Å². The molecule has 0 aliphatic heterocycles. The largest absolute Gasteiger partial charge is 0.465 e. The number of aryl methyl sites for hydroxylation is 3. The van der Waals surface area contributed by atoms with Gasteiger partial charge in [0.05, 0.1) is 12.8 Å². The van der Waals surface area contributed by atoms with Crippen molar-refractivity contribution in [3.63, 3.8) is 0 Å². The lowest BCUT2D eigenvalue weighted by molar-refractivity contribution is -0.116. The molecule has 142 valence electrons. The average Bonchev–Trinajstić information content (AvgIpc) is 3.05. The van der Waals surface area contributed by atoms with Crippen LogP contribution in [-0.2, 0) is 22.4 Å². The minimum Gasteiger partial charge on any atom is -0.465 e. The number of rotatable bonds is 6. The molecule has 6 nitrogen and oxygen atoms in total. The molecule has 0 atom stereocenters. The van der Waals surface area contributed by atoms with E-state index in [-0.39, 0.29) is 24.5 Å². The van der Waals surface area contributed by atoms with Gasteiger partial charge >= 0.3 is 5.97 Å². The zero-order valence-electron chi connectivity index (χ0n) is 15.5.